The van der Waals surface area contributed by atoms with Crippen LogP contribution >= 0.6 is 0 Å². The summed E-state index contributed by atoms with van der Waals surface area (Å²) in [6.07, 6.45) is -45.7. The quantitative estimate of drug-likeness (QED) is 0.0870. The van der Waals surface area contributed by atoms with E-state index >= 15 is 0 Å². The largest absolute Gasteiger partial charge is 0.394 e. The average Bonchev–Trinajstić information content (AvgIpc) is 3.17. The molecule has 322 valence electrons. The molecule has 5 heterocycles. The zero-order valence-corrected chi connectivity index (χ0v) is 29.1. The Morgan fingerprint density at radius 2 is 0.691 bits per heavy atom. The van der Waals surface area contributed by atoms with Crippen LogP contribution in [0.4, 0.5) is 0 Å². The highest BCUT2D eigenvalue weighted by Gasteiger charge is 2.57. The fraction of sp³-hybridized carbons (Fsp3) is 1.00. The van der Waals surface area contributed by atoms with E-state index in [9.17, 15) is 81.7 Å². The lowest BCUT2D eigenvalue weighted by atomic mass is 9.95. The van der Waals surface area contributed by atoms with Crippen LogP contribution < -0.4 is 0 Å². The minimum Gasteiger partial charge on any atom is -0.394 e. The fourth-order valence-electron chi connectivity index (χ4n) is 6.95. The molecule has 0 aromatic heterocycles. The predicted octanol–water partition coefficient (Wildman–Crippen LogP) is -10.9. The Bertz CT molecular complexity index is 1170. The standard InChI is InChI=1S/C30H52O25/c1-6-11(35)24(21(45)26(46)47-6)54-29-19(43)16(40)22(9(4-33)50-29)53-30-25(55-28-18(42)15(39)13(37)8(3-32)49-28)20(44)23(10(5-34)51-30)52-27-17(41)14(38)12(36)7(2-31)48-27/h6-46H,2-5H2,1H3/t6-,7+,8+,9+,10+,11-,12+,13+,14-,15-,16+,17+,18+,19+,20-,21+,22+,23-,24+,25+,26-,27-,28+,29+,30-/m0/s1. The minimum atomic E-state index is -2.13. The van der Waals surface area contributed by atoms with Crippen molar-refractivity contribution in [3.8, 4) is 0 Å². The molecule has 0 bridgehead atoms. The van der Waals surface area contributed by atoms with E-state index in [1.54, 1.807) is 0 Å². The van der Waals surface area contributed by atoms with Gasteiger partial charge in [0.05, 0.1) is 32.5 Å². The van der Waals surface area contributed by atoms with Crippen LogP contribution in [0, 0.1) is 0 Å². The lowest BCUT2D eigenvalue weighted by Gasteiger charge is -2.50. The van der Waals surface area contributed by atoms with Gasteiger partial charge in [0.15, 0.2) is 31.5 Å². The second kappa shape index (κ2) is 18.9. The van der Waals surface area contributed by atoms with E-state index in [4.69, 9.17) is 42.6 Å². The third kappa shape index (κ3) is 9.11. The van der Waals surface area contributed by atoms with Gasteiger partial charge in [0, 0.05) is 0 Å². The molecule has 16 N–H and O–H groups in total. The molecule has 5 rings (SSSR count). The molecule has 5 aliphatic rings. The van der Waals surface area contributed by atoms with Crippen molar-refractivity contribution in [3.05, 3.63) is 0 Å². The van der Waals surface area contributed by atoms with E-state index in [0.717, 1.165) is 0 Å². The summed E-state index contributed by atoms with van der Waals surface area (Å²) in [7, 11) is 0. The van der Waals surface area contributed by atoms with Crippen molar-refractivity contribution in [3.63, 3.8) is 0 Å². The summed E-state index contributed by atoms with van der Waals surface area (Å²) in [5.74, 6) is 0. The number of aliphatic hydroxyl groups excluding tert-OH is 16. The molecule has 0 unspecified atom stereocenters. The lowest BCUT2D eigenvalue weighted by molar-refractivity contribution is -0.405. The summed E-state index contributed by atoms with van der Waals surface area (Å²) < 4.78 is 50.0. The number of hydrogen-bond donors (Lipinski definition) is 16. The molecule has 0 radical (unpaired) electrons. The first kappa shape index (κ1) is 45.1. The Morgan fingerprint density at radius 3 is 1.16 bits per heavy atom. The Hall–Kier alpha value is -1.00. The van der Waals surface area contributed by atoms with Gasteiger partial charge in [-0.15, -0.1) is 0 Å². The molecular weight excluding hydrogens is 760 g/mol. The summed E-state index contributed by atoms with van der Waals surface area (Å²) in [5.41, 5.74) is 0. The van der Waals surface area contributed by atoms with Crippen molar-refractivity contribution in [1.29, 1.82) is 0 Å². The van der Waals surface area contributed by atoms with Crippen molar-refractivity contribution in [2.24, 2.45) is 0 Å². The molecule has 55 heavy (non-hydrogen) atoms. The van der Waals surface area contributed by atoms with Crippen molar-refractivity contribution in [2.45, 2.75) is 160 Å². The second-order valence-electron chi connectivity index (χ2n) is 13.9. The highest BCUT2D eigenvalue weighted by molar-refractivity contribution is 4.99. The number of rotatable bonds is 12. The van der Waals surface area contributed by atoms with Gasteiger partial charge in [0.1, 0.15) is 116 Å². The van der Waals surface area contributed by atoms with Gasteiger partial charge in [0.2, 0.25) is 0 Å². The number of hydrogen-bond acceptors (Lipinski definition) is 25. The molecule has 25 nitrogen and oxygen atoms in total. The first-order chi connectivity index (χ1) is 26.0. The second-order valence-corrected chi connectivity index (χ2v) is 13.9. The fourth-order valence-corrected chi connectivity index (χ4v) is 6.95. The predicted molar refractivity (Wildman–Crippen MR) is 165 cm³/mol. The van der Waals surface area contributed by atoms with Crippen molar-refractivity contribution >= 4 is 0 Å². The van der Waals surface area contributed by atoms with Crippen LogP contribution in [-0.2, 0) is 42.6 Å². The van der Waals surface area contributed by atoms with Gasteiger partial charge < -0.3 is 124 Å². The summed E-state index contributed by atoms with van der Waals surface area (Å²) >= 11 is 0. The molecule has 0 aromatic rings. The van der Waals surface area contributed by atoms with Crippen LogP contribution in [0.2, 0.25) is 0 Å². The molecule has 0 aliphatic carbocycles. The Morgan fingerprint density at radius 1 is 0.327 bits per heavy atom. The van der Waals surface area contributed by atoms with Crippen molar-refractivity contribution < 1.29 is 124 Å². The normalized spacial score (nSPS) is 53.9. The Balaban J connectivity index is 1.40. The van der Waals surface area contributed by atoms with Gasteiger partial charge >= 0.3 is 0 Å². The molecule has 5 aliphatic heterocycles. The van der Waals surface area contributed by atoms with E-state index in [2.05, 4.69) is 0 Å². The molecular formula is C30H52O25. The summed E-state index contributed by atoms with van der Waals surface area (Å²) in [5, 5.41) is 167. The van der Waals surface area contributed by atoms with Crippen LogP contribution in [-0.4, -0.2) is 262 Å². The van der Waals surface area contributed by atoms with Gasteiger partial charge in [-0.1, -0.05) is 0 Å². The smallest absolute Gasteiger partial charge is 0.187 e. The van der Waals surface area contributed by atoms with E-state index in [-0.39, 0.29) is 0 Å². The molecule has 25 heteroatoms. The van der Waals surface area contributed by atoms with Crippen LogP contribution in [0.1, 0.15) is 6.92 Å². The van der Waals surface area contributed by atoms with Crippen LogP contribution in [0.25, 0.3) is 0 Å². The van der Waals surface area contributed by atoms with E-state index < -0.39 is 180 Å². The maximum absolute atomic E-state index is 11.7. The molecule has 25 atom stereocenters. The number of ether oxygens (including phenoxy) is 9. The van der Waals surface area contributed by atoms with E-state index in [1.807, 2.05) is 0 Å². The lowest BCUT2D eigenvalue weighted by Crippen LogP contribution is -2.68. The molecule has 0 aromatic carbocycles. The molecule has 5 fully saturated rings. The summed E-state index contributed by atoms with van der Waals surface area (Å²) in [6, 6.07) is 0. The minimum absolute atomic E-state index is 0.858. The number of aliphatic hydroxyl groups is 16. The molecule has 0 spiro atoms. The third-order valence-electron chi connectivity index (χ3n) is 10.3. The summed E-state index contributed by atoms with van der Waals surface area (Å²) in [6.45, 7) is -2.38. The van der Waals surface area contributed by atoms with Crippen LogP contribution in [0.3, 0.4) is 0 Å². The van der Waals surface area contributed by atoms with Gasteiger partial charge in [-0.25, -0.2) is 0 Å². The maximum Gasteiger partial charge on any atom is 0.187 e. The first-order valence-corrected chi connectivity index (χ1v) is 17.5. The molecule has 0 saturated carbocycles. The highest BCUT2D eigenvalue weighted by atomic mass is 16.8. The van der Waals surface area contributed by atoms with Gasteiger partial charge in [-0.3, -0.25) is 0 Å². The van der Waals surface area contributed by atoms with E-state index in [0.29, 0.717) is 0 Å². The first-order valence-electron chi connectivity index (χ1n) is 17.5. The van der Waals surface area contributed by atoms with Crippen LogP contribution in [0.15, 0.2) is 0 Å². The Labute approximate surface area is 311 Å². The zero-order chi connectivity index (χ0) is 40.6. The Kier molecular flexibility index (Phi) is 15.5. The van der Waals surface area contributed by atoms with Crippen LogP contribution in [0.5, 0.6) is 0 Å². The van der Waals surface area contributed by atoms with E-state index in [1.165, 1.54) is 6.92 Å². The summed E-state index contributed by atoms with van der Waals surface area (Å²) in [4.78, 5) is 0. The maximum atomic E-state index is 11.7. The van der Waals surface area contributed by atoms with Gasteiger partial charge in [0.25, 0.3) is 0 Å². The van der Waals surface area contributed by atoms with Gasteiger partial charge in [-0.2, -0.15) is 0 Å². The highest BCUT2D eigenvalue weighted by Crippen LogP contribution is 2.36. The zero-order valence-electron chi connectivity index (χ0n) is 29.1. The topological polar surface area (TPSA) is 407 Å². The molecule has 0 amide bonds. The van der Waals surface area contributed by atoms with Crippen molar-refractivity contribution in [2.75, 3.05) is 26.4 Å². The third-order valence-corrected chi connectivity index (χ3v) is 10.3. The molecule has 5 saturated heterocycles. The average molecular weight is 813 g/mol. The SMILES string of the molecule is C[C@@H]1O[C@H](O)[C@H](O)[C@H](O[C@H]2O[C@H](CO)[C@@H](O[C@@H]3O[C@H](CO)[C@H](O[C@@H]4O[C@H](CO)[C@@H](O)[C@H](O)[C@H]4O)[C@H](O)[C@H]3O[C@H]3O[C@H](CO)[C@@H](O)[C@H](O)[C@H]3O)[C@H](O)[C@H]2O)[C@H]1O. The van der Waals surface area contributed by atoms with Gasteiger partial charge in [-0.05, 0) is 6.92 Å². The monoisotopic (exact) mass is 812 g/mol. The van der Waals surface area contributed by atoms with Crippen molar-refractivity contribution in [1.82, 2.24) is 0 Å².